The van der Waals surface area contributed by atoms with Crippen LogP contribution in [-0.4, -0.2) is 33.6 Å². The number of ether oxygens (including phenoxy) is 2. The van der Waals surface area contributed by atoms with Crippen molar-refractivity contribution in [1.29, 1.82) is 0 Å². The number of benzene rings is 3. The van der Waals surface area contributed by atoms with Gasteiger partial charge in [-0.1, -0.05) is 24.3 Å². The van der Waals surface area contributed by atoms with Gasteiger partial charge in [-0.25, -0.2) is 13.1 Å². The molecule has 5 rings (SSSR count). The Kier molecular flexibility index (Phi) is 6.14. The van der Waals surface area contributed by atoms with Crippen LogP contribution >= 0.6 is 0 Å². The predicted molar refractivity (Wildman–Crippen MR) is 129 cm³/mol. The summed E-state index contributed by atoms with van der Waals surface area (Å²) in [4.78, 5) is 26.8. The van der Waals surface area contributed by atoms with E-state index in [1.165, 1.54) is 24.3 Å². The molecule has 1 saturated heterocycles. The molecular formula is C25H23N3O6S. The van der Waals surface area contributed by atoms with Crippen LogP contribution < -0.4 is 24.4 Å². The van der Waals surface area contributed by atoms with E-state index >= 15 is 0 Å². The molecule has 2 amide bonds. The lowest BCUT2D eigenvalue weighted by atomic mass is 10.2. The number of sulfonamides is 1. The van der Waals surface area contributed by atoms with Gasteiger partial charge in [0.05, 0.1) is 16.3 Å². The molecule has 0 aromatic heterocycles. The highest BCUT2D eigenvalue weighted by molar-refractivity contribution is 7.89. The van der Waals surface area contributed by atoms with Gasteiger partial charge in [-0.2, -0.15) is 0 Å². The summed E-state index contributed by atoms with van der Waals surface area (Å²) >= 11 is 0. The van der Waals surface area contributed by atoms with Crippen molar-refractivity contribution in [1.82, 2.24) is 4.72 Å². The van der Waals surface area contributed by atoms with Crippen LogP contribution in [0.2, 0.25) is 0 Å². The monoisotopic (exact) mass is 493 g/mol. The van der Waals surface area contributed by atoms with Crippen molar-refractivity contribution in [2.75, 3.05) is 23.6 Å². The lowest BCUT2D eigenvalue weighted by Gasteiger charge is -2.20. The Morgan fingerprint density at radius 3 is 2.63 bits per heavy atom. The minimum Gasteiger partial charge on any atom is -0.454 e. The second kappa shape index (κ2) is 9.40. The van der Waals surface area contributed by atoms with Crippen LogP contribution in [0.5, 0.6) is 11.5 Å². The van der Waals surface area contributed by atoms with Crippen molar-refractivity contribution in [2.45, 2.75) is 24.3 Å². The fraction of sp³-hybridized carbons (Fsp3) is 0.200. The molecule has 35 heavy (non-hydrogen) atoms. The van der Waals surface area contributed by atoms with Crippen LogP contribution in [0, 0.1) is 0 Å². The molecule has 0 radical (unpaired) electrons. The van der Waals surface area contributed by atoms with E-state index in [2.05, 4.69) is 10.0 Å². The van der Waals surface area contributed by atoms with Gasteiger partial charge in [-0.3, -0.25) is 9.59 Å². The van der Waals surface area contributed by atoms with Crippen LogP contribution in [0.1, 0.15) is 28.8 Å². The second-order valence-electron chi connectivity index (χ2n) is 8.16. The van der Waals surface area contributed by atoms with Crippen molar-refractivity contribution in [3.8, 4) is 11.5 Å². The summed E-state index contributed by atoms with van der Waals surface area (Å²) in [6, 6.07) is 18.1. The summed E-state index contributed by atoms with van der Waals surface area (Å²) < 4.78 is 38.9. The molecule has 0 atom stereocenters. The van der Waals surface area contributed by atoms with E-state index in [1.807, 2.05) is 0 Å². The zero-order valence-electron chi connectivity index (χ0n) is 18.7. The molecule has 0 saturated carbocycles. The topological polar surface area (TPSA) is 114 Å². The maximum absolute atomic E-state index is 13.0. The van der Waals surface area contributed by atoms with Gasteiger partial charge in [-0.15, -0.1) is 0 Å². The molecule has 2 aliphatic rings. The largest absolute Gasteiger partial charge is 0.454 e. The molecule has 0 spiro atoms. The third-order valence-corrected chi connectivity index (χ3v) is 7.23. The van der Waals surface area contributed by atoms with Gasteiger partial charge in [0.2, 0.25) is 22.7 Å². The molecule has 0 bridgehead atoms. The van der Waals surface area contributed by atoms with Crippen molar-refractivity contribution < 1.29 is 27.5 Å². The number of para-hydroxylation sites is 2. The van der Waals surface area contributed by atoms with Crippen molar-refractivity contribution in [3.63, 3.8) is 0 Å². The van der Waals surface area contributed by atoms with Gasteiger partial charge >= 0.3 is 0 Å². The Hall–Kier alpha value is -3.89. The Labute approximate surface area is 202 Å². The summed E-state index contributed by atoms with van der Waals surface area (Å²) in [5.41, 5.74) is 2.00. The summed E-state index contributed by atoms with van der Waals surface area (Å²) in [5.74, 6) is 0.715. The molecule has 1 fully saturated rings. The average Bonchev–Trinajstić information content (AvgIpc) is 3.51. The van der Waals surface area contributed by atoms with Crippen molar-refractivity contribution in [2.24, 2.45) is 0 Å². The number of nitrogens with one attached hydrogen (secondary N) is 2. The Morgan fingerprint density at radius 1 is 0.971 bits per heavy atom. The first-order valence-corrected chi connectivity index (χ1v) is 12.6. The maximum Gasteiger partial charge on any atom is 0.255 e. The Bertz CT molecular complexity index is 1410. The highest BCUT2D eigenvalue weighted by Crippen LogP contribution is 2.33. The van der Waals surface area contributed by atoms with Crippen LogP contribution in [-0.2, 0) is 21.4 Å². The van der Waals surface area contributed by atoms with Gasteiger partial charge in [-0.05, 0) is 54.4 Å². The smallest absolute Gasteiger partial charge is 0.255 e. The Morgan fingerprint density at radius 2 is 1.80 bits per heavy atom. The molecule has 3 aromatic carbocycles. The van der Waals surface area contributed by atoms with E-state index in [0.29, 0.717) is 41.4 Å². The first-order chi connectivity index (χ1) is 16.9. The number of nitrogens with zero attached hydrogens (tertiary/aromatic N) is 1. The number of hydrogen-bond donors (Lipinski definition) is 2. The quantitative estimate of drug-likeness (QED) is 0.522. The molecule has 2 heterocycles. The van der Waals surface area contributed by atoms with E-state index in [4.69, 9.17) is 9.47 Å². The third-order valence-electron chi connectivity index (χ3n) is 5.83. The molecule has 180 valence electrons. The van der Waals surface area contributed by atoms with Gasteiger partial charge < -0.3 is 19.7 Å². The SMILES string of the molecule is O=C(Nc1ccccc1N1CCCC1=O)c1cccc(S(=O)(=O)NCc2ccc3c(c2)OCO3)c1. The third kappa shape index (κ3) is 4.84. The first kappa shape index (κ1) is 22.9. The van der Waals surface area contributed by atoms with E-state index in [0.717, 1.165) is 6.42 Å². The van der Waals surface area contributed by atoms with E-state index in [9.17, 15) is 18.0 Å². The Balaban J connectivity index is 1.30. The lowest BCUT2D eigenvalue weighted by Crippen LogP contribution is -2.26. The molecule has 2 N–H and O–H groups in total. The highest BCUT2D eigenvalue weighted by Gasteiger charge is 2.24. The molecule has 9 nitrogen and oxygen atoms in total. The summed E-state index contributed by atoms with van der Waals surface area (Å²) in [6.45, 7) is 0.777. The van der Waals surface area contributed by atoms with Gasteiger partial charge in [0.1, 0.15) is 0 Å². The zero-order valence-corrected chi connectivity index (χ0v) is 19.5. The average molecular weight is 494 g/mol. The van der Waals surface area contributed by atoms with Crippen molar-refractivity contribution in [3.05, 3.63) is 77.9 Å². The second-order valence-corrected chi connectivity index (χ2v) is 9.93. The molecular weight excluding hydrogens is 470 g/mol. The fourth-order valence-corrected chi connectivity index (χ4v) is 5.09. The number of anilines is 2. The zero-order chi connectivity index (χ0) is 24.4. The number of hydrogen-bond acceptors (Lipinski definition) is 6. The van der Waals surface area contributed by atoms with E-state index < -0.39 is 15.9 Å². The molecule has 3 aromatic rings. The summed E-state index contributed by atoms with van der Waals surface area (Å²) in [5, 5.41) is 2.81. The molecule has 0 unspecified atom stereocenters. The van der Waals surface area contributed by atoms with Crippen LogP contribution in [0.3, 0.4) is 0 Å². The summed E-state index contributed by atoms with van der Waals surface area (Å²) in [6.07, 6.45) is 1.24. The minimum absolute atomic E-state index is 0.00771. The number of carbonyl (C=O) groups excluding carboxylic acids is 2. The van der Waals surface area contributed by atoms with Gasteiger partial charge in [0.15, 0.2) is 11.5 Å². The van der Waals surface area contributed by atoms with Gasteiger partial charge in [0, 0.05) is 25.1 Å². The minimum atomic E-state index is -3.88. The molecule has 2 aliphatic heterocycles. The normalized spacial score (nSPS) is 14.9. The highest BCUT2D eigenvalue weighted by atomic mass is 32.2. The number of fused-ring (bicyclic) bond motifs is 1. The standard InChI is InChI=1S/C25H23N3O6S/c29-24-9-4-12-28(24)21-8-2-1-7-20(21)27-25(30)18-5-3-6-19(14-18)35(31,32)26-15-17-10-11-22-23(13-17)34-16-33-22/h1-3,5-8,10-11,13-14,26H,4,9,12,15-16H2,(H,27,30). The first-order valence-electron chi connectivity index (χ1n) is 11.1. The number of rotatable bonds is 7. The summed E-state index contributed by atoms with van der Waals surface area (Å²) in [7, 11) is -3.88. The van der Waals surface area contributed by atoms with Crippen LogP contribution in [0.4, 0.5) is 11.4 Å². The number of carbonyl (C=O) groups is 2. The fourth-order valence-electron chi connectivity index (χ4n) is 4.03. The molecule has 10 heteroatoms. The number of amides is 2. The maximum atomic E-state index is 13.0. The lowest BCUT2D eigenvalue weighted by molar-refractivity contribution is -0.117. The van der Waals surface area contributed by atoms with E-state index in [-0.39, 0.29) is 29.7 Å². The van der Waals surface area contributed by atoms with Crippen LogP contribution in [0.25, 0.3) is 0 Å². The van der Waals surface area contributed by atoms with Crippen LogP contribution in [0.15, 0.2) is 71.6 Å². The van der Waals surface area contributed by atoms with Gasteiger partial charge in [0.25, 0.3) is 5.91 Å². The van der Waals surface area contributed by atoms with E-state index in [1.54, 1.807) is 47.4 Å². The predicted octanol–water partition coefficient (Wildman–Crippen LogP) is 3.27. The van der Waals surface area contributed by atoms with Crippen molar-refractivity contribution >= 4 is 33.2 Å². The molecule has 0 aliphatic carbocycles.